The Kier molecular flexibility index (Phi) is 3.59. The average Bonchev–Trinajstić information content (AvgIpc) is 2.61. The number of amides is 2. The van der Waals surface area contributed by atoms with Crippen LogP contribution in [0, 0.1) is 5.92 Å². The fourth-order valence-corrected chi connectivity index (χ4v) is 4.59. The Morgan fingerprint density at radius 3 is 2.74 bits per heavy atom. The zero-order valence-corrected chi connectivity index (χ0v) is 12.1. The quantitative estimate of drug-likeness (QED) is 0.746. The molecule has 7 heteroatoms. The molecule has 0 aromatic carbocycles. The van der Waals surface area contributed by atoms with Crippen molar-refractivity contribution < 1.29 is 18.0 Å². The summed E-state index contributed by atoms with van der Waals surface area (Å²) in [5, 5.41) is 2.74. The van der Waals surface area contributed by atoms with Gasteiger partial charge in [0.15, 0.2) is 9.84 Å². The highest BCUT2D eigenvalue weighted by molar-refractivity contribution is 7.91. The number of nitrogens with one attached hydrogen (secondary N) is 1. The molecule has 2 aliphatic rings. The summed E-state index contributed by atoms with van der Waals surface area (Å²) in [5.74, 6) is -0.111. The van der Waals surface area contributed by atoms with Crippen LogP contribution in [0.2, 0.25) is 0 Å². The van der Waals surface area contributed by atoms with Gasteiger partial charge in [0.25, 0.3) is 0 Å². The second-order valence-electron chi connectivity index (χ2n) is 5.83. The summed E-state index contributed by atoms with van der Waals surface area (Å²) in [5.41, 5.74) is -0.854. The average molecular weight is 288 g/mol. The lowest BCUT2D eigenvalue weighted by molar-refractivity contribution is -0.149. The molecule has 1 unspecified atom stereocenters. The molecule has 1 N–H and O–H groups in total. The van der Waals surface area contributed by atoms with Gasteiger partial charge in [-0.15, -0.1) is 0 Å². The molecule has 2 aliphatic heterocycles. The Morgan fingerprint density at radius 2 is 2.16 bits per heavy atom. The standard InChI is InChI=1S/C12H20N2O4S/c1-12(2)11(16)13-4-5-14(12)10(15)7-9-3-6-19(17,18)8-9/h9H,3-8H2,1-2H3,(H,13,16). The van der Waals surface area contributed by atoms with E-state index in [1.165, 1.54) is 0 Å². The molecule has 0 aliphatic carbocycles. The molecule has 6 nitrogen and oxygen atoms in total. The highest BCUT2D eigenvalue weighted by Gasteiger charge is 2.41. The van der Waals surface area contributed by atoms with Crippen LogP contribution in [0.3, 0.4) is 0 Å². The van der Waals surface area contributed by atoms with Crippen LogP contribution in [-0.4, -0.2) is 55.3 Å². The third-order valence-electron chi connectivity index (χ3n) is 3.94. The summed E-state index contributed by atoms with van der Waals surface area (Å²) >= 11 is 0. The molecule has 0 aromatic heterocycles. The lowest BCUT2D eigenvalue weighted by Gasteiger charge is -2.41. The van der Waals surface area contributed by atoms with Crippen molar-refractivity contribution in [2.45, 2.75) is 32.2 Å². The summed E-state index contributed by atoms with van der Waals surface area (Å²) in [6.07, 6.45) is 0.768. The molecule has 2 rings (SSSR count). The molecule has 2 saturated heterocycles. The second-order valence-corrected chi connectivity index (χ2v) is 8.06. The summed E-state index contributed by atoms with van der Waals surface area (Å²) in [7, 11) is -2.96. The maximum absolute atomic E-state index is 12.3. The van der Waals surface area contributed by atoms with E-state index in [-0.39, 0.29) is 35.7 Å². The van der Waals surface area contributed by atoms with Crippen molar-refractivity contribution in [3.63, 3.8) is 0 Å². The number of hydrogen-bond donors (Lipinski definition) is 1. The molecule has 19 heavy (non-hydrogen) atoms. The first-order chi connectivity index (χ1) is 8.72. The van der Waals surface area contributed by atoms with Gasteiger partial charge in [0.1, 0.15) is 5.54 Å². The minimum Gasteiger partial charge on any atom is -0.352 e. The van der Waals surface area contributed by atoms with E-state index in [1.54, 1.807) is 18.7 Å². The maximum atomic E-state index is 12.3. The Balaban J connectivity index is 2.02. The minimum absolute atomic E-state index is 0.0964. The molecular formula is C12H20N2O4S. The molecule has 0 saturated carbocycles. The summed E-state index contributed by atoms with van der Waals surface area (Å²) in [6, 6.07) is 0. The second kappa shape index (κ2) is 4.77. The predicted octanol–water partition coefficient (Wildman–Crippen LogP) is -0.452. The molecule has 108 valence electrons. The highest BCUT2D eigenvalue weighted by Crippen LogP contribution is 2.25. The van der Waals surface area contributed by atoms with Crippen molar-refractivity contribution in [2.75, 3.05) is 24.6 Å². The number of hydrogen-bond acceptors (Lipinski definition) is 4. The normalized spacial score (nSPS) is 29.1. The SMILES string of the molecule is CC1(C)C(=O)NCCN1C(=O)CC1CCS(=O)(=O)C1. The van der Waals surface area contributed by atoms with E-state index in [1.807, 2.05) is 0 Å². The topological polar surface area (TPSA) is 83.6 Å². The van der Waals surface area contributed by atoms with Gasteiger partial charge in [-0.3, -0.25) is 9.59 Å². The zero-order chi connectivity index (χ0) is 14.3. The lowest BCUT2D eigenvalue weighted by atomic mass is 9.96. The van der Waals surface area contributed by atoms with E-state index >= 15 is 0 Å². The number of piperazine rings is 1. The molecular weight excluding hydrogens is 268 g/mol. The minimum atomic E-state index is -2.96. The Hall–Kier alpha value is -1.11. The predicted molar refractivity (Wildman–Crippen MR) is 70.2 cm³/mol. The Morgan fingerprint density at radius 1 is 1.47 bits per heavy atom. The fourth-order valence-electron chi connectivity index (χ4n) is 2.73. The van der Waals surface area contributed by atoms with E-state index in [0.29, 0.717) is 19.5 Å². The molecule has 0 radical (unpaired) electrons. The highest BCUT2D eigenvalue weighted by atomic mass is 32.2. The van der Waals surface area contributed by atoms with Gasteiger partial charge in [-0.05, 0) is 26.2 Å². The van der Waals surface area contributed by atoms with Gasteiger partial charge in [-0.25, -0.2) is 8.42 Å². The van der Waals surface area contributed by atoms with Crippen LogP contribution in [0.5, 0.6) is 0 Å². The molecule has 0 bridgehead atoms. The third kappa shape index (κ3) is 2.91. The first-order valence-electron chi connectivity index (χ1n) is 6.51. The first-order valence-corrected chi connectivity index (χ1v) is 8.34. The van der Waals surface area contributed by atoms with Crippen LogP contribution < -0.4 is 5.32 Å². The van der Waals surface area contributed by atoms with E-state index < -0.39 is 15.4 Å². The Bertz CT molecular complexity index is 498. The monoisotopic (exact) mass is 288 g/mol. The molecule has 2 amide bonds. The number of rotatable bonds is 2. The first kappa shape index (κ1) is 14.3. The van der Waals surface area contributed by atoms with Crippen LogP contribution >= 0.6 is 0 Å². The number of sulfone groups is 1. The van der Waals surface area contributed by atoms with Crippen molar-refractivity contribution in [2.24, 2.45) is 5.92 Å². The lowest BCUT2D eigenvalue weighted by Crippen LogP contribution is -2.63. The molecule has 0 spiro atoms. The van der Waals surface area contributed by atoms with Gasteiger partial charge in [0, 0.05) is 19.5 Å². The van der Waals surface area contributed by atoms with Gasteiger partial charge in [0.05, 0.1) is 11.5 Å². The van der Waals surface area contributed by atoms with Gasteiger partial charge >= 0.3 is 0 Å². The van der Waals surface area contributed by atoms with E-state index in [9.17, 15) is 18.0 Å². The largest absolute Gasteiger partial charge is 0.352 e. The van der Waals surface area contributed by atoms with Gasteiger partial charge < -0.3 is 10.2 Å². The van der Waals surface area contributed by atoms with Crippen molar-refractivity contribution in [1.29, 1.82) is 0 Å². The van der Waals surface area contributed by atoms with Crippen molar-refractivity contribution in [3.8, 4) is 0 Å². The number of carbonyl (C=O) groups excluding carboxylic acids is 2. The van der Waals surface area contributed by atoms with Gasteiger partial charge in [-0.1, -0.05) is 0 Å². The molecule has 1 atom stereocenters. The van der Waals surface area contributed by atoms with Crippen molar-refractivity contribution in [1.82, 2.24) is 10.2 Å². The summed E-state index contributed by atoms with van der Waals surface area (Å²) < 4.78 is 22.8. The van der Waals surface area contributed by atoms with Gasteiger partial charge in [0.2, 0.25) is 11.8 Å². The molecule has 2 fully saturated rings. The van der Waals surface area contributed by atoms with Crippen molar-refractivity contribution in [3.05, 3.63) is 0 Å². The maximum Gasteiger partial charge on any atom is 0.245 e. The van der Waals surface area contributed by atoms with Crippen LogP contribution in [0.25, 0.3) is 0 Å². The number of carbonyl (C=O) groups is 2. The molecule has 0 aromatic rings. The van der Waals surface area contributed by atoms with E-state index in [0.717, 1.165) is 0 Å². The van der Waals surface area contributed by atoms with E-state index in [4.69, 9.17) is 0 Å². The smallest absolute Gasteiger partial charge is 0.245 e. The zero-order valence-electron chi connectivity index (χ0n) is 11.3. The summed E-state index contributed by atoms with van der Waals surface area (Å²) in [4.78, 5) is 25.6. The van der Waals surface area contributed by atoms with Crippen LogP contribution in [-0.2, 0) is 19.4 Å². The van der Waals surface area contributed by atoms with Crippen LogP contribution in [0.15, 0.2) is 0 Å². The summed E-state index contributed by atoms with van der Waals surface area (Å²) in [6.45, 7) is 4.36. The van der Waals surface area contributed by atoms with Crippen LogP contribution in [0.4, 0.5) is 0 Å². The molecule has 2 heterocycles. The Labute approximate surface area is 113 Å². The van der Waals surface area contributed by atoms with Crippen molar-refractivity contribution >= 4 is 21.7 Å². The van der Waals surface area contributed by atoms with Crippen LogP contribution in [0.1, 0.15) is 26.7 Å². The van der Waals surface area contributed by atoms with Gasteiger partial charge in [-0.2, -0.15) is 0 Å². The van der Waals surface area contributed by atoms with E-state index in [2.05, 4.69) is 5.32 Å². The fraction of sp³-hybridized carbons (Fsp3) is 0.833. The third-order valence-corrected chi connectivity index (χ3v) is 5.78. The number of nitrogens with zero attached hydrogens (tertiary/aromatic N) is 1.